The first-order valence-electron chi connectivity index (χ1n) is 17.1. The molecule has 0 heterocycles. The van der Waals surface area contributed by atoms with Crippen molar-refractivity contribution in [2.45, 2.75) is 112 Å². The molecule has 0 saturated heterocycles. The molecule has 2 aliphatic rings. The number of fused-ring (bicyclic) bond motifs is 2. The molecule has 4 rings (SSSR count). The largest absolute Gasteiger partial charge is 1.00 e. The van der Waals surface area contributed by atoms with Gasteiger partial charge in [-0.3, -0.25) is 0 Å². The molecule has 43 heavy (non-hydrogen) atoms. The second-order valence-corrected chi connectivity index (χ2v) is 20.9. The molecule has 0 saturated carbocycles. The maximum Gasteiger partial charge on any atom is -1.00 e. The number of allylic oxidation sites excluding steroid dienone is 2. The van der Waals surface area contributed by atoms with Crippen LogP contribution in [-0.4, -0.2) is 24.6 Å². The molecule has 5 heteroatoms. The normalized spacial score (nSPS) is 16.7. The van der Waals surface area contributed by atoms with Crippen LogP contribution in [-0.2, 0) is 23.2 Å². The van der Waals surface area contributed by atoms with Gasteiger partial charge in [0.1, 0.15) is 0 Å². The number of halogens is 2. The summed E-state index contributed by atoms with van der Waals surface area (Å²) in [5, 5.41) is 3.84. The van der Waals surface area contributed by atoms with Crippen LogP contribution in [0.4, 0.5) is 0 Å². The van der Waals surface area contributed by atoms with Gasteiger partial charge in [-0.2, -0.15) is 0 Å². The molecule has 0 fully saturated rings. The summed E-state index contributed by atoms with van der Waals surface area (Å²) in [5.74, 6) is 0. The fourth-order valence-corrected chi connectivity index (χ4v) is 20.1. The van der Waals surface area contributed by atoms with Crippen molar-refractivity contribution >= 4 is 28.0 Å². The molecule has 236 valence electrons. The summed E-state index contributed by atoms with van der Waals surface area (Å²) in [6, 6.07) is 19.1. The summed E-state index contributed by atoms with van der Waals surface area (Å²) in [5.41, 5.74) is 6.54. The molecule has 0 N–H and O–H groups in total. The number of rotatable bonds is 20. The Morgan fingerprint density at radius 1 is 0.488 bits per heavy atom. The molecule has 2 aliphatic carbocycles. The van der Waals surface area contributed by atoms with Gasteiger partial charge < -0.3 is 24.8 Å². The zero-order valence-electron chi connectivity index (χ0n) is 27.4. The van der Waals surface area contributed by atoms with E-state index in [0.29, 0.717) is 0 Å². The second-order valence-electron chi connectivity index (χ2n) is 12.2. The Kier molecular flexibility index (Phi) is 20.1. The van der Waals surface area contributed by atoms with Gasteiger partial charge in [-0.05, 0) is 0 Å². The van der Waals surface area contributed by atoms with E-state index in [-0.39, 0.29) is 40.7 Å². The Morgan fingerprint density at radius 2 is 0.860 bits per heavy atom. The van der Waals surface area contributed by atoms with Gasteiger partial charge in [0.2, 0.25) is 0 Å². The summed E-state index contributed by atoms with van der Waals surface area (Å²) in [6.07, 6.45) is 28.0. The molecule has 2 aromatic rings. The molecule has 2 aromatic carbocycles. The fraction of sp³-hybridized carbons (Fsp3) is 0.579. The summed E-state index contributed by atoms with van der Waals surface area (Å²) < 4.78 is 1.54. The molecular weight excluding hydrogens is 680 g/mol. The van der Waals surface area contributed by atoms with E-state index in [1.165, 1.54) is 102 Å². The zero-order chi connectivity index (χ0) is 28.9. The van der Waals surface area contributed by atoms with E-state index in [4.69, 9.17) is 0 Å². The second kappa shape index (κ2) is 21.9. The van der Waals surface area contributed by atoms with E-state index in [2.05, 4.69) is 88.4 Å². The number of unbranched alkanes of at least 4 members (excludes halogenated alkanes) is 8. The Morgan fingerprint density at radius 3 is 1.26 bits per heavy atom. The van der Waals surface area contributed by atoms with E-state index in [0.717, 1.165) is 7.25 Å². The smallest absolute Gasteiger partial charge is 1.00 e. The van der Waals surface area contributed by atoms with Crippen LogP contribution in [0, 0.1) is 0 Å². The average molecular weight is 737 g/mol. The predicted molar refractivity (Wildman–Crippen MR) is 186 cm³/mol. The third-order valence-electron chi connectivity index (χ3n) is 9.00. The number of hydrogen-bond donors (Lipinski definition) is 0. The van der Waals surface area contributed by atoms with Crippen LogP contribution < -0.4 is 24.8 Å². The van der Waals surface area contributed by atoms with Crippen molar-refractivity contribution in [3.8, 4) is 0 Å². The quantitative estimate of drug-likeness (QED) is 0.102. The van der Waals surface area contributed by atoms with E-state index in [9.17, 15) is 0 Å². The molecule has 0 nitrogen and oxygen atoms in total. The Balaban J connectivity index is 0.00000323. The summed E-state index contributed by atoms with van der Waals surface area (Å²) in [6.45, 7) is 9.48. The molecule has 0 amide bonds. The molecule has 0 bridgehead atoms. The predicted octanol–water partition coefficient (Wildman–Crippen LogP) is 6.99. The Bertz CT molecular complexity index is 1110. The molecule has 0 aromatic heterocycles. The minimum Gasteiger partial charge on any atom is -1.00 e. The van der Waals surface area contributed by atoms with Crippen molar-refractivity contribution in [1.82, 2.24) is 0 Å². The van der Waals surface area contributed by atoms with Crippen molar-refractivity contribution in [2.75, 3.05) is 24.6 Å². The number of benzene rings is 2. The van der Waals surface area contributed by atoms with Crippen LogP contribution >= 0.6 is 15.8 Å². The minimum absolute atomic E-state index is 0. The van der Waals surface area contributed by atoms with Crippen LogP contribution in [0.25, 0.3) is 12.2 Å². The van der Waals surface area contributed by atoms with Gasteiger partial charge in [0.15, 0.2) is 0 Å². The van der Waals surface area contributed by atoms with Crippen LogP contribution in [0.1, 0.15) is 134 Å². The van der Waals surface area contributed by atoms with Crippen molar-refractivity contribution in [3.63, 3.8) is 0 Å². The van der Waals surface area contributed by atoms with Crippen molar-refractivity contribution in [3.05, 3.63) is 81.4 Å². The van der Waals surface area contributed by atoms with E-state index in [1.54, 1.807) is 22.3 Å². The monoisotopic (exact) mass is 734 g/mol. The Labute approximate surface area is 292 Å². The summed E-state index contributed by atoms with van der Waals surface area (Å²) >= 11 is -0.838. The SMILES string of the molecule is CCCCCCP(CCCCCC)C1=Cc2ccccc2[CH]1[Zr+2][CH]1C(P(CCCC)CCCC)=Cc2ccccc21.[Cl-].[Cl-]. The number of hydrogen-bond acceptors (Lipinski definition) is 0. The first kappa shape index (κ1) is 39.4. The molecular formula is C38H56Cl2P2Zr. The summed E-state index contributed by atoms with van der Waals surface area (Å²) in [7, 11) is -0.0413. The molecule has 0 aliphatic heterocycles. The van der Waals surface area contributed by atoms with E-state index >= 15 is 0 Å². The van der Waals surface area contributed by atoms with Gasteiger partial charge in [0, 0.05) is 0 Å². The topological polar surface area (TPSA) is 0 Å². The van der Waals surface area contributed by atoms with Crippen LogP contribution in [0.2, 0.25) is 0 Å². The zero-order valence-corrected chi connectivity index (χ0v) is 33.2. The van der Waals surface area contributed by atoms with Gasteiger partial charge in [-0.1, -0.05) is 0 Å². The minimum atomic E-state index is -0.838. The van der Waals surface area contributed by atoms with Crippen molar-refractivity contribution in [2.24, 2.45) is 0 Å². The maximum absolute atomic E-state index is 2.73. The third-order valence-corrected chi connectivity index (χ3v) is 20.6. The van der Waals surface area contributed by atoms with Crippen LogP contribution in [0.3, 0.4) is 0 Å². The first-order valence-corrected chi connectivity index (χ1v) is 23.3. The van der Waals surface area contributed by atoms with Gasteiger partial charge in [-0.25, -0.2) is 0 Å². The summed E-state index contributed by atoms with van der Waals surface area (Å²) in [4.78, 5) is 0. The Hall–Kier alpha value is 0.243. The van der Waals surface area contributed by atoms with Gasteiger partial charge in [-0.15, -0.1) is 0 Å². The van der Waals surface area contributed by atoms with E-state index in [1.807, 2.05) is 10.6 Å². The maximum atomic E-state index is 2.73. The van der Waals surface area contributed by atoms with Gasteiger partial charge >= 0.3 is 269 Å². The molecule has 2 atom stereocenters. The molecule has 0 spiro atoms. The first-order chi connectivity index (χ1) is 20.2. The fourth-order valence-electron chi connectivity index (χ4n) is 6.58. The van der Waals surface area contributed by atoms with Crippen LogP contribution in [0.5, 0.6) is 0 Å². The standard InChI is InChI=1S/C21H32P.C17H24P.2ClH.Zr/c1-3-5-7-11-15-22(16-12-8-6-4-2)21-17-19-13-9-10-14-20(19)18-21;1-3-5-11-18(12-6-4-2)17-13-15-9-7-8-10-16(15)14-17;;;/h9-10,13-14,17-18H,3-8,11-12,15-16H2,1-2H3;7-10,13-14H,3-6,11-12H2,1-2H3;2*1H;/q;;;;+2/p-2. The molecule has 0 radical (unpaired) electrons. The van der Waals surface area contributed by atoms with E-state index < -0.39 is 23.2 Å². The van der Waals surface area contributed by atoms with Crippen molar-refractivity contribution in [1.29, 1.82) is 0 Å². The van der Waals surface area contributed by atoms with Gasteiger partial charge in [0.05, 0.1) is 0 Å². The molecule has 2 unspecified atom stereocenters. The average Bonchev–Trinajstić information content (AvgIpc) is 3.55. The van der Waals surface area contributed by atoms with Crippen molar-refractivity contribution < 1.29 is 48.0 Å². The third kappa shape index (κ3) is 11.2. The van der Waals surface area contributed by atoms with Gasteiger partial charge in [0.25, 0.3) is 0 Å². The van der Waals surface area contributed by atoms with Crippen LogP contribution in [0.15, 0.2) is 59.2 Å².